The Morgan fingerprint density at radius 1 is 1.05 bits per heavy atom. The molecule has 0 spiro atoms. The summed E-state index contributed by atoms with van der Waals surface area (Å²) >= 11 is 11.9. The SMILES string of the molecule is OC(c1ccc(Cl)cc1F)c1ccc(Cl)c2cccnc12. The fourth-order valence-electron chi connectivity index (χ4n) is 2.27. The van der Waals surface area contributed by atoms with Crippen molar-refractivity contribution in [2.24, 2.45) is 0 Å². The van der Waals surface area contributed by atoms with Gasteiger partial charge in [-0.2, -0.15) is 0 Å². The van der Waals surface area contributed by atoms with E-state index in [9.17, 15) is 9.50 Å². The number of rotatable bonds is 2. The van der Waals surface area contributed by atoms with Crippen LogP contribution < -0.4 is 0 Å². The third kappa shape index (κ3) is 2.60. The van der Waals surface area contributed by atoms with Gasteiger partial charge in [-0.25, -0.2) is 4.39 Å². The van der Waals surface area contributed by atoms with Crippen LogP contribution in [0.3, 0.4) is 0 Å². The van der Waals surface area contributed by atoms with Crippen LogP contribution in [0.15, 0.2) is 48.7 Å². The molecule has 2 aromatic carbocycles. The molecule has 1 unspecified atom stereocenters. The predicted octanol–water partition coefficient (Wildman–Crippen LogP) is 4.76. The van der Waals surface area contributed by atoms with Crippen LogP contribution in [0.4, 0.5) is 4.39 Å². The molecular formula is C16H10Cl2FNO. The van der Waals surface area contributed by atoms with E-state index in [1.165, 1.54) is 18.2 Å². The highest BCUT2D eigenvalue weighted by molar-refractivity contribution is 6.35. The van der Waals surface area contributed by atoms with Crippen molar-refractivity contribution in [3.8, 4) is 0 Å². The second kappa shape index (κ2) is 5.60. The maximum Gasteiger partial charge on any atom is 0.130 e. The smallest absolute Gasteiger partial charge is 0.130 e. The quantitative estimate of drug-likeness (QED) is 0.738. The van der Waals surface area contributed by atoms with E-state index in [0.717, 1.165) is 0 Å². The first-order valence-electron chi connectivity index (χ1n) is 6.24. The Kier molecular flexibility index (Phi) is 3.81. The highest BCUT2D eigenvalue weighted by Gasteiger charge is 2.19. The minimum atomic E-state index is -1.14. The van der Waals surface area contributed by atoms with Crippen molar-refractivity contribution in [2.45, 2.75) is 6.10 Å². The zero-order chi connectivity index (χ0) is 15.0. The van der Waals surface area contributed by atoms with Crippen molar-refractivity contribution < 1.29 is 9.50 Å². The second-order valence-electron chi connectivity index (χ2n) is 4.60. The molecule has 1 aromatic heterocycles. The van der Waals surface area contributed by atoms with Crippen LogP contribution in [-0.4, -0.2) is 10.1 Å². The Hall–Kier alpha value is -1.68. The Bertz CT molecular complexity index is 822. The van der Waals surface area contributed by atoms with E-state index in [1.54, 1.807) is 30.5 Å². The highest BCUT2D eigenvalue weighted by Crippen LogP contribution is 2.33. The summed E-state index contributed by atoms with van der Waals surface area (Å²) in [6, 6.07) is 11.0. The number of hydrogen-bond acceptors (Lipinski definition) is 2. The summed E-state index contributed by atoms with van der Waals surface area (Å²) in [5, 5.41) is 12.0. The van der Waals surface area contributed by atoms with Crippen molar-refractivity contribution in [2.75, 3.05) is 0 Å². The van der Waals surface area contributed by atoms with Gasteiger partial charge in [0.1, 0.15) is 11.9 Å². The van der Waals surface area contributed by atoms with Gasteiger partial charge < -0.3 is 5.11 Å². The summed E-state index contributed by atoms with van der Waals surface area (Å²) in [6.07, 6.45) is 0.463. The van der Waals surface area contributed by atoms with Crippen molar-refractivity contribution in [1.29, 1.82) is 0 Å². The van der Waals surface area contributed by atoms with Crippen molar-refractivity contribution in [1.82, 2.24) is 4.98 Å². The van der Waals surface area contributed by atoms with E-state index in [4.69, 9.17) is 23.2 Å². The molecule has 3 aromatic rings. The number of aliphatic hydroxyl groups excluding tert-OH is 1. The summed E-state index contributed by atoms with van der Waals surface area (Å²) in [5.41, 5.74) is 1.19. The van der Waals surface area contributed by atoms with E-state index in [0.29, 0.717) is 21.5 Å². The molecule has 1 N–H and O–H groups in total. The molecule has 2 nitrogen and oxygen atoms in total. The zero-order valence-electron chi connectivity index (χ0n) is 10.7. The van der Waals surface area contributed by atoms with Crippen molar-refractivity contribution in [3.63, 3.8) is 0 Å². The lowest BCUT2D eigenvalue weighted by Gasteiger charge is -2.15. The molecule has 0 bridgehead atoms. The van der Waals surface area contributed by atoms with Crippen LogP contribution in [0.5, 0.6) is 0 Å². The number of pyridine rings is 1. The predicted molar refractivity (Wildman–Crippen MR) is 82.2 cm³/mol. The first kappa shape index (κ1) is 14.3. The number of nitrogens with zero attached hydrogens (tertiary/aromatic N) is 1. The molecule has 0 saturated carbocycles. The number of hydrogen-bond donors (Lipinski definition) is 1. The summed E-state index contributed by atoms with van der Waals surface area (Å²) in [7, 11) is 0. The van der Waals surface area contributed by atoms with E-state index in [1.807, 2.05) is 0 Å². The van der Waals surface area contributed by atoms with Gasteiger partial charge in [0.15, 0.2) is 0 Å². The van der Waals surface area contributed by atoms with E-state index in [-0.39, 0.29) is 10.6 Å². The van der Waals surface area contributed by atoms with Gasteiger partial charge >= 0.3 is 0 Å². The van der Waals surface area contributed by atoms with Crippen LogP contribution in [0.1, 0.15) is 17.2 Å². The minimum Gasteiger partial charge on any atom is -0.383 e. The maximum atomic E-state index is 14.0. The molecule has 0 aliphatic carbocycles. The monoisotopic (exact) mass is 321 g/mol. The third-order valence-corrected chi connectivity index (χ3v) is 3.86. The van der Waals surface area contributed by atoms with Crippen LogP contribution >= 0.6 is 23.2 Å². The minimum absolute atomic E-state index is 0.147. The highest BCUT2D eigenvalue weighted by atomic mass is 35.5. The molecule has 5 heteroatoms. The first-order valence-corrected chi connectivity index (χ1v) is 6.99. The summed E-state index contributed by atoms with van der Waals surface area (Å²) in [6.45, 7) is 0. The number of aliphatic hydroxyl groups is 1. The number of aromatic nitrogens is 1. The Labute approximate surface area is 130 Å². The molecule has 0 aliphatic heterocycles. The van der Waals surface area contributed by atoms with E-state index >= 15 is 0 Å². The van der Waals surface area contributed by atoms with Crippen LogP contribution in [0.25, 0.3) is 10.9 Å². The largest absolute Gasteiger partial charge is 0.383 e. The van der Waals surface area contributed by atoms with Gasteiger partial charge in [-0.3, -0.25) is 4.98 Å². The Morgan fingerprint density at radius 3 is 2.57 bits per heavy atom. The van der Waals surface area contributed by atoms with Gasteiger partial charge in [-0.1, -0.05) is 35.3 Å². The lowest BCUT2D eigenvalue weighted by molar-refractivity contribution is 0.216. The maximum absolute atomic E-state index is 14.0. The molecule has 1 atom stereocenters. The zero-order valence-corrected chi connectivity index (χ0v) is 12.2. The lowest BCUT2D eigenvalue weighted by atomic mass is 9.98. The molecule has 106 valence electrons. The fourth-order valence-corrected chi connectivity index (χ4v) is 2.65. The van der Waals surface area contributed by atoms with Gasteiger partial charge in [-0.15, -0.1) is 0 Å². The van der Waals surface area contributed by atoms with E-state index in [2.05, 4.69) is 4.98 Å². The molecule has 0 amide bonds. The average molecular weight is 322 g/mol. The molecule has 0 aliphatic rings. The van der Waals surface area contributed by atoms with Crippen LogP contribution in [0, 0.1) is 5.82 Å². The van der Waals surface area contributed by atoms with Gasteiger partial charge in [-0.05, 0) is 30.3 Å². The normalized spacial score (nSPS) is 12.6. The van der Waals surface area contributed by atoms with Crippen LogP contribution in [-0.2, 0) is 0 Å². The summed E-state index contributed by atoms with van der Waals surface area (Å²) in [5.74, 6) is -0.561. The second-order valence-corrected chi connectivity index (χ2v) is 5.45. The number of benzene rings is 2. The molecular weight excluding hydrogens is 312 g/mol. The molecule has 1 heterocycles. The first-order chi connectivity index (χ1) is 10.1. The average Bonchev–Trinajstić information content (AvgIpc) is 2.47. The van der Waals surface area contributed by atoms with E-state index < -0.39 is 11.9 Å². The Balaban J connectivity index is 2.18. The van der Waals surface area contributed by atoms with Gasteiger partial charge in [0.05, 0.1) is 5.52 Å². The molecule has 0 radical (unpaired) electrons. The lowest BCUT2D eigenvalue weighted by Crippen LogP contribution is -2.04. The van der Waals surface area contributed by atoms with Gasteiger partial charge in [0.2, 0.25) is 0 Å². The van der Waals surface area contributed by atoms with Gasteiger partial charge in [0, 0.05) is 32.8 Å². The standard InChI is InChI=1S/C16H10Cl2FNO/c17-9-3-4-11(14(19)8-9)16(21)12-5-6-13(18)10-2-1-7-20-15(10)12/h1-8,16,21H. The topological polar surface area (TPSA) is 33.1 Å². The molecule has 21 heavy (non-hydrogen) atoms. The summed E-state index contributed by atoms with van der Waals surface area (Å²) < 4.78 is 14.0. The molecule has 0 fully saturated rings. The van der Waals surface area contributed by atoms with Crippen molar-refractivity contribution in [3.05, 3.63) is 75.7 Å². The number of fused-ring (bicyclic) bond motifs is 1. The number of halogens is 3. The Morgan fingerprint density at radius 2 is 1.81 bits per heavy atom. The molecule has 0 saturated heterocycles. The van der Waals surface area contributed by atoms with Crippen molar-refractivity contribution >= 4 is 34.1 Å². The molecule has 3 rings (SSSR count). The van der Waals surface area contributed by atoms with Gasteiger partial charge in [0.25, 0.3) is 0 Å². The summed E-state index contributed by atoms with van der Waals surface area (Å²) in [4.78, 5) is 4.24. The van der Waals surface area contributed by atoms with Crippen LogP contribution in [0.2, 0.25) is 10.0 Å². The third-order valence-electron chi connectivity index (χ3n) is 3.30. The fraction of sp³-hybridized carbons (Fsp3) is 0.0625.